The van der Waals surface area contributed by atoms with Crippen LogP contribution in [0.4, 0.5) is 17.1 Å². The van der Waals surface area contributed by atoms with Crippen LogP contribution in [0.3, 0.4) is 0 Å². The van der Waals surface area contributed by atoms with Gasteiger partial charge in [0.15, 0.2) is 0 Å². The summed E-state index contributed by atoms with van der Waals surface area (Å²) in [5.41, 5.74) is 10.5. The largest absolute Gasteiger partial charge is 0.456 e. The molecule has 0 atom stereocenters. The molecule has 0 saturated carbocycles. The number of fused-ring (bicyclic) bond motifs is 12. The van der Waals surface area contributed by atoms with Crippen LogP contribution in [0.25, 0.3) is 64.0 Å². The van der Waals surface area contributed by atoms with Crippen LogP contribution >= 0.6 is 11.3 Å². The first-order chi connectivity index (χ1) is 22.6. The van der Waals surface area contributed by atoms with Gasteiger partial charge < -0.3 is 9.32 Å². The summed E-state index contributed by atoms with van der Waals surface area (Å²) in [6.45, 7) is 4.66. The second-order valence-corrected chi connectivity index (χ2v) is 14.0. The molecule has 0 saturated heterocycles. The normalized spacial score (nSPS) is 13.6. The molecule has 0 aliphatic heterocycles. The van der Waals surface area contributed by atoms with Crippen LogP contribution < -0.4 is 4.90 Å². The molecule has 1 aliphatic rings. The highest BCUT2D eigenvalue weighted by molar-refractivity contribution is 7.27. The van der Waals surface area contributed by atoms with Gasteiger partial charge in [0.1, 0.15) is 11.2 Å². The van der Waals surface area contributed by atoms with E-state index in [0.717, 1.165) is 33.6 Å². The van der Waals surface area contributed by atoms with Crippen LogP contribution in [0, 0.1) is 0 Å². The van der Waals surface area contributed by atoms with Crippen molar-refractivity contribution in [3.63, 3.8) is 0 Å². The van der Waals surface area contributed by atoms with E-state index in [4.69, 9.17) is 4.42 Å². The molecule has 0 bridgehead atoms. The van der Waals surface area contributed by atoms with E-state index in [-0.39, 0.29) is 5.41 Å². The molecule has 2 nitrogen and oxygen atoms in total. The number of nitrogens with zero attached hydrogens (tertiary/aromatic N) is 1. The third-order valence-corrected chi connectivity index (χ3v) is 11.2. The average molecular weight is 608 g/mol. The Morgan fingerprint density at radius 2 is 1.26 bits per heavy atom. The number of anilines is 3. The molecule has 3 heteroatoms. The lowest BCUT2D eigenvalue weighted by Gasteiger charge is -2.27. The van der Waals surface area contributed by atoms with Crippen molar-refractivity contribution in [1.29, 1.82) is 0 Å². The van der Waals surface area contributed by atoms with Crippen molar-refractivity contribution in [3.05, 3.63) is 151 Å². The van der Waals surface area contributed by atoms with Gasteiger partial charge in [0.2, 0.25) is 0 Å². The van der Waals surface area contributed by atoms with E-state index < -0.39 is 0 Å². The molecular formula is C43H29NOS. The third kappa shape index (κ3) is 3.52. The molecule has 0 radical (unpaired) electrons. The number of rotatable bonds is 3. The minimum absolute atomic E-state index is 0.0283. The number of hydrogen-bond donors (Lipinski definition) is 0. The quantitative estimate of drug-likeness (QED) is 0.199. The molecule has 0 amide bonds. The van der Waals surface area contributed by atoms with Crippen LogP contribution in [-0.4, -0.2) is 0 Å². The summed E-state index contributed by atoms with van der Waals surface area (Å²) in [6.07, 6.45) is 0. The monoisotopic (exact) mass is 607 g/mol. The van der Waals surface area contributed by atoms with Gasteiger partial charge in [0, 0.05) is 59.5 Å². The fraction of sp³-hybridized carbons (Fsp3) is 0.0698. The van der Waals surface area contributed by atoms with Crippen molar-refractivity contribution in [3.8, 4) is 11.1 Å². The molecule has 0 fully saturated rings. The standard InChI is InChI=1S/C43H29NOS/c1-43(2)35-15-9-8-14-31(35)34-24-28(18-21-36(34)43)44(27-11-4-3-5-12-27)29-17-19-32-38(25-29)45-37-22-20-33-40-30-13-7-6-10-26(30)16-23-39(40)46-42(33)41(32)37/h3-25H,1-2H3. The van der Waals surface area contributed by atoms with Gasteiger partial charge in [0.05, 0.1) is 0 Å². The van der Waals surface area contributed by atoms with Gasteiger partial charge >= 0.3 is 0 Å². The van der Waals surface area contributed by atoms with Gasteiger partial charge in [-0.3, -0.25) is 0 Å². The Balaban J connectivity index is 1.18. The fourth-order valence-electron chi connectivity index (χ4n) is 7.86. The van der Waals surface area contributed by atoms with E-state index in [1.54, 1.807) is 0 Å². The molecule has 9 aromatic rings. The van der Waals surface area contributed by atoms with Gasteiger partial charge in [-0.05, 0) is 87.6 Å². The number of hydrogen-bond acceptors (Lipinski definition) is 3. The predicted octanol–water partition coefficient (Wildman–Crippen LogP) is 12.9. The molecular weight excluding hydrogens is 579 g/mol. The Labute approximate surface area is 270 Å². The minimum atomic E-state index is -0.0283. The molecule has 0 unspecified atom stereocenters. The second-order valence-electron chi connectivity index (χ2n) is 12.9. The lowest BCUT2D eigenvalue weighted by molar-refractivity contribution is 0.660. The molecule has 46 heavy (non-hydrogen) atoms. The Bertz CT molecular complexity index is 2680. The van der Waals surface area contributed by atoms with Gasteiger partial charge in [0.25, 0.3) is 0 Å². The second kappa shape index (κ2) is 9.32. The summed E-state index contributed by atoms with van der Waals surface area (Å²) < 4.78 is 9.23. The Hall–Kier alpha value is -5.38. The first-order valence-corrected chi connectivity index (χ1v) is 16.7. The Morgan fingerprint density at radius 1 is 0.522 bits per heavy atom. The highest BCUT2D eigenvalue weighted by atomic mass is 32.1. The highest BCUT2D eigenvalue weighted by Gasteiger charge is 2.35. The van der Waals surface area contributed by atoms with E-state index in [9.17, 15) is 0 Å². The summed E-state index contributed by atoms with van der Waals surface area (Å²) in [4.78, 5) is 2.35. The maximum absolute atomic E-state index is 6.63. The van der Waals surface area contributed by atoms with Crippen molar-refractivity contribution >= 4 is 81.3 Å². The lowest BCUT2D eigenvalue weighted by Crippen LogP contribution is -2.15. The zero-order chi connectivity index (χ0) is 30.6. The first kappa shape index (κ1) is 25.9. The fourth-order valence-corrected chi connectivity index (χ4v) is 9.13. The average Bonchev–Trinajstić information content (AvgIpc) is 3.73. The number of benzene rings is 7. The van der Waals surface area contributed by atoms with E-state index in [1.807, 2.05) is 11.3 Å². The molecule has 7 aromatic carbocycles. The summed E-state index contributed by atoms with van der Waals surface area (Å²) in [5.74, 6) is 0. The third-order valence-electron chi connectivity index (χ3n) is 10.0. The molecule has 0 N–H and O–H groups in total. The molecule has 1 aliphatic carbocycles. The van der Waals surface area contributed by atoms with Gasteiger partial charge in [-0.15, -0.1) is 11.3 Å². The first-order valence-electron chi connectivity index (χ1n) is 15.9. The van der Waals surface area contributed by atoms with Crippen LogP contribution in [-0.2, 0) is 5.41 Å². The molecule has 10 rings (SSSR count). The lowest BCUT2D eigenvalue weighted by atomic mass is 9.82. The van der Waals surface area contributed by atoms with Crippen LogP contribution in [0.15, 0.2) is 144 Å². The van der Waals surface area contributed by atoms with Crippen molar-refractivity contribution in [2.24, 2.45) is 0 Å². The molecule has 2 heterocycles. The maximum Gasteiger partial charge on any atom is 0.137 e. The van der Waals surface area contributed by atoms with Crippen LogP contribution in [0.2, 0.25) is 0 Å². The smallest absolute Gasteiger partial charge is 0.137 e. The van der Waals surface area contributed by atoms with E-state index >= 15 is 0 Å². The zero-order valence-electron chi connectivity index (χ0n) is 25.5. The van der Waals surface area contributed by atoms with Crippen LogP contribution in [0.1, 0.15) is 25.0 Å². The maximum atomic E-state index is 6.63. The summed E-state index contributed by atoms with van der Waals surface area (Å²) in [7, 11) is 0. The molecule has 2 aromatic heterocycles. The number of para-hydroxylation sites is 1. The van der Waals surface area contributed by atoms with Gasteiger partial charge in [-0.25, -0.2) is 0 Å². The predicted molar refractivity (Wildman–Crippen MR) is 196 cm³/mol. The zero-order valence-corrected chi connectivity index (χ0v) is 26.4. The van der Waals surface area contributed by atoms with Crippen molar-refractivity contribution < 1.29 is 4.42 Å². The van der Waals surface area contributed by atoms with Gasteiger partial charge in [-0.2, -0.15) is 0 Å². The van der Waals surface area contributed by atoms with E-state index in [1.165, 1.54) is 58.6 Å². The number of thiophene rings is 1. The van der Waals surface area contributed by atoms with Gasteiger partial charge in [-0.1, -0.05) is 92.7 Å². The molecule has 0 spiro atoms. The van der Waals surface area contributed by atoms with Crippen molar-refractivity contribution in [1.82, 2.24) is 0 Å². The highest BCUT2D eigenvalue weighted by Crippen LogP contribution is 2.51. The summed E-state index contributed by atoms with van der Waals surface area (Å²) >= 11 is 1.86. The summed E-state index contributed by atoms with van der Waals surface area (Å²) in [6, 6.07) is 50.7. The van der Waals surface area contributed by atoms with Crippen molar-refractivity contribution in [2.75, 3.05) is 4.90 Å². The van der Waals surface area contributed by atoms with E-state index in [2.05, 4.69) is 158 Å². The SMILES string of the molecule is CC1(C)c2ccccc2-c2cc(N(c3ccccc3)c3ccc4c(c3)oc3ccc5c(sc6ccc7ccccc7c65)c34)ccc21. The summed E-state index contributed by atoms with van der Waals surface area (Å²) in [5, 5.41) is 7.56. The van der Waals surface area contributed by atoms with E-state index in [0.29, 0.717) is 0 Å². The van der Waals surface area contributed by atoms with Crippen molar-refractivity contribution in [2.45, 2.75) is 19.3 Å². The number of furan rings is 1. The Kier molecular flexibility index (Phi) is 5.25. The Morgan fingerprint density at radius 3 is 2.17 bits per heavy atom. The van der Waals surface area contributed by atoms with Crippen LogP contribution in [0.5, 0.6) is 0 Å². The molecule has 218 valence electrons. The minimum Gasteiger partial charge on any atom is -0.456 e. The topological polar surface area (TPSA) is 16.4 Å².